The van der Waals surface area contributed by atoms with Crippen LogP contribution in [-0.2, 0) is 6.54 Å². The van der Waals surface area contributed by atoms with E-state index >= 15 is 0 Å². The normalized spacial score (nSPS) is 22.9. The Hall–Kier alpha value is -3.21. The third-order valence-electron chi connectivity index (χ3n) is 8.38. The molecule has 186 valence electrons. The van der Waals surface area contributed by atoms with Crippen LogP contribution in [0.25, 0.3) is 10.9 Å². The first-order valence-corrected chi connectivity index (χ1v) is 13.3. The van der Waals surface area contributed by atoms with Crippen LogP contribution in [0.3, 0.4) is 0 Å². The van der Waals surface area contributed by atoms with E-state index in [0.29, 0.717) is 23.7 Å². The average Bonchev–Trinajstić information content (AvgIpc) is 3.14. The lowest BCUT2D eigenvalue weighted by Gasteiger charge is -2.42. The van der Waals surface area contributed by atoms with Crippen molar-refractivity contribution in [3.8, 4) is 6.07 Å². The quantitative estimate of drug-likeness (QED) is 0.548. The number of hydrogen-bond acceptors (Lipinski definition) is 7. The zero-order chi connectivity index (χ0) is 24.6. The van der Waals surface area contributed by atoms with E-state index in [1.165, 1.54) is 24.1 Å². The van der Waals surface area contributed by atoms with Crippen molar-refractivity contribution in [1.82, 2.24) is 19.8 Å². The van der Waals surface area contributed by atoms with E-state index in [0.717, 1.165) is 62.5 Å². The van der Waals surface area contributed by atoms with Gasteiger partial charge >= 0.3 is 0 Å². The van der Waals surface area contributed by atoms with Crippen LogP contribution in [0.15, 0.2) is 48.8 Å². The van der Waals surface area contributed by atoms with Gasteiger partial charge in [0.2, 0.25) is 0 Å². The highest BCUT2D eigenvalue weighted by Gasteiger charge is 2.40. The molecule has 0 aliphatic carbocycles. The van der Waals surface area contributed by atoms with Crippen LogP contribution >= 0.6 is 0 Å². The highest BCUT2D eigenvalue weighted by Crippen LogP contribution is 2.36. The second-order valence-corrected chi connectivity index (χ2v) is 10.7. The van der Waals surface area contributed by atoms with Crippen LogP contribution in [0.4, 0.5) is 11.5 Å². The molecule has 0 spiro atoms. The molecule has 2 aromatic heterocycles. The van der Waals surface area contributed by atoms with Gasteiger partial charge in [-0.2, -0.15) is 5.26 Å². The lowest BCUT2D eigenvalue weighted by Crippen LogP contribution is -2.53. The number of aromatic nitrogens is 2. The molecule has 3 fully saturated rings. The highest BCUT2D eigenvalue weighted by molar-refractivity contribution is 5.95. The van der Waals surface area contributed by atoms with Gasteiger partial charge in [-0.3, -0.25) is 14.8 Å². The Morgan fingerprint density at radius 2 is 1.72 bits per heavy atom. The lowest BCUT2D eigenvalue weighted by molar-refractivity contribution is 0.160. The Labute approximate surface area is 213 Å². The molecular weight excluding hydrogens is 446 g/mol. The number of nitriles is 1. The largest absolute Gasteiger partial charge is 0.368 e. The van der Waals surface area contributed by atoms with Crippen molar-refractivity contribution in [2.45, 2.75) is 51.4 Å². The van der Waals surface area contributed by atoms with Gasteiger partial charge in [-0.1, -0.05) is 6.07 Å². The molecule has 3 saturated heterocycles. The SMILES string of the molecule is CC(C)N1CCN(c2ccc(CN3C4CCC3CN(c3ccc(C#N)c5ncccc35)C4)cn2)CC1. The standard InChI is InChI=1S/C29H35N7/c1-21(2)33-12-14-34(15-13-33)28-10-5-22(17-32-28)18-36-24-7-8-25(36)20-35(19-24)27-9-6-23(16-30)29-26(27)4-3-11-31-29/h3-6,9-11,17,21,24-25H,7-8,12-15,18-20H2,1-2H3. The third-order valence-corrected chi connectivity index (χ3v) is 8.38. The van der Waals surface area contributed by atoms with E-state index in [1.54, 1.807) is 6.20 Å². The minimum absolute atomic E-state index is 0.537. The maximum Gasteiger partial charge on any atom is 0.128 e. The summed E-state index contributed by atoms with van der Waals surface area (Å²) in [6.07, 6.45) is 6.34. The zero-order valence-electron chi connectivity index (χ0n) is 21.3. The second kappa shape index (κ2) is 9.68. The predicted molar refractivity (Wildman–Crippen MR) is 144 cm³/mol. The van der Waals surface area contributed by atoms with Gasteiger partial charge in [-0.25, -0.2) is 4.98 Å². The van der Waals surface area contributed by atoms with Crippen LogP contribution in [0.1, 0.15) is 37.8 Å². The van der Waals surface area contributed by atoms with Crippen molar-refractivity contribution in [2.75, 3.05) is 49.1 Å². The first-order valence-electron chi connectivity index (χ1n) is 13.3. The van der Waals surface area contributed by atoms with Crippen molar-refractivity contribution < 1.29 is 0 Å². The van der Waals surface area contributed by atoms with Crippen LogP contribution in [0.5, 0.6) is 0 Å². The molecule has 36 heavy (non-hydrogen) atoms. The number of fused-ring (bicyclic) bond motifs is 3. The minimum Gasteiger partial charge on any atom is -0.368 e. The number of benzene rings is 1. The summed E-state index contributed by atoms with van der Waals surface area (Å²) in [5.74, 6) is 1.11. The molecule has 2 atom stereocenters. The van der Waals surface area contributed by atoms with E-state index in [9.17, 15) is 5.26 Å². The molecule has 3 aromatic rings. The fraction of sp³-hybridized carbons (Fsp3) is 0.483. The molecule has 3 aliphatic rings. The van der Waals surface area contributed by atoms with Crippen molar-refractivity contribution in [1.29, 1.82) is 5.26 Å². The van der Waals surface area contributed by atoms with Crippen LogP contribution in [0, 0.1) is 11.3 Å². The molecule has 0 radical (unpaired) electrons. The molecule has 0 N–H and O–H groups in total. The number of hydrogen-bond donors (Lipinski definition) is 0. The van der Waals surface area contributed by atoms with Crippen molar-refractivity contribution >= 4 is 22.4 Å². The molecule has 1 aromatic carbocycles. The summed E-state index contributed by atoms with van der Waals surface area (Å²) < 4.78 is 0. The topological polar surface area (TPSA) is 62.5 Å². The molecule has 7 heteroatoms. The van der Waals surface area contributed by atoms with Crippen LogP contribution in [0.2, 0.25) is 0 Å². The number of anilines is 2. The average molecular weight is 482 g/mol. The summed E-state index contributed by atoms with van der Waals surface area (Å²) in [5.41, 5.74) is 3.97. The molecule has 3 aliphatic heterocycles. The van der Waals surface area contributed by atoms with Gasteiger partial charge in [0.1, 0.15) is 11.9 Å². The van der Waals surface area contributed by atoms with Crippen molar-refractivity contribution in [3.05, 3.63) is 59.9 Å². The van der Waals surface area contributed by atoms with E-state index in [4.69, 9.17) is 4.98 Å². The molecule has 2 bridgehead atoms. The molecular formula is C29H35N7. The minimum atomic E-state index is 0.537. The first kappa shape index (κ1) is 23.2. The Morgan fingerprint density at radius 1 is 0.944 bits per heavy atom. The van der Waals surface area contributed by atoms with E-state index in [-0.39, 0.29) is 0 Å². The Balaban J connectivity index is 1.13. The van der Waals surface area contributed by atoms with E-state index in [1.807, 2.05) is 12.1 Å². The zero-order valence-corrected chi connectivity index (χ0v) is 21.3. The summed E-state index contributed by atoms with van der Waals surface area (Å²) in [6, 6.07) is 16.6. The summed E-state index contributed by atoms with van der Waals surface area (Å²) in [7, 11) is 0. The van der Waals surface area contributed by atoms with E-state index < -0.39 is 0 Å². The lowest BCUT2D eigenvalue weighted by atomic mass is 10.1. The number of pyridine rings is 2. The monoisotopic (exact) mass is 481 g/mol. The smallest absolute Gasteiger partial charge is 0.128 e. The van der Waals surface area contributed by atoms with Gasteiger partial charge < -0.3 is 9.80 Å². The predicted octanol–water partition coefficient (Wildman–Crippen LogP) is 3.89. The molecule has 0 amide bonds. The molecule has 7 nitrogen and oxygen atoms in total. The number of nitrogens with zero attached hydrogens (tertiary/aromatic N) is 7. The fourth-order valence-electron chi connectivity index (χ4n) is 6.34. The number of piperazine rings is 2. The van der Waals surface area contributed by atoms with Crippen molar-refractivity contribution in [2.24, 2.45) is 0 Å². The highest BCUT2D eigenvalue weighted by atomic mass is 15.3. The maximum atomic E-state index is 9.51. The van der Waals surface area contributed by atoms with Crippen LogP contribution in [-0.4, -0.2) is 77.2 Å². The van der Waals surface area contributed by atoms with E-state index in [2.05, 4.69) is 75.0 Å². The molecule has 0 saturated carbocycles. The molecule has 2 unspecified atom stereocenters. The van der Waals surface area contributed by atoms with Gasteiger partial charge in [0.05, 0.1) is 11.1 Å². The van der Waals surface area contributed by atoms with Crippen molar-refractivity contribution in [3.63, 3.8) is 0 Å². The van der Waals surface area contributed by atoms with Gasteiger partial charge in [0, 0.05) is 87.4 Å². The van der Waals surface area contributed by atoms with Gasteiger partial charge in [0.25, 0.3) is 0 Å². The summed E-state index contributed by atoms with van der Waals surface area (Å²) in [5, 5.41) is 10.6. The fourth-order valence-corrected chi connectivity index (χ4v) is 6.34. The van der Waals surface area contributed by atoms with Gasteiger partial charge in [-0.05, 0) is 62.6 Å². The first-order chi connectivity index (χ1) is 17.6. The Bertz CT molecular complexity index is 1240. The maximum absolute atomic E-state index is 9.51. The summed E-state index contributed by atoms with van der Waals surface area (Å²) in [4.78, 5) is 19.5. The number of rotatable bonds is 5. The summed E-state index contributed by atoms with van der Waals surface area (Å²) in [6.45, 7) is 11.9. The third kappa shape index (κ3) is 4.29. The van der Waals surface area contributed by atoms with Crippen LogP contribution < -0.4 is 9.80 Å². The Morgan fingerprint density at radius 3 is 2.39 bits per heavy atom. The van der Waals surface area contributed by atoms with Gasteiger partial charge in [0.15, 0.2) is 0 Å². The van der Waals surface area contributed by atoms with Gasteiger partial charge in [-0.15, -0.1) is 0 Å². The Kier molecular flexibility index (Phi) is 6.24. The summed E-state index contributed by atoms with van der Waals surface area (Å²) >= 11 is 0. The molecule has 6 rings (SSSR count). The second-order valence-electron chi connectivity index (χ2n) is 10.7. The molecule has 5 heterocycles.